The van der Waals surface area contributed by atoms with Gasteiger partial charge >= 0.3 is 0 Å². The number of carbonyl (C=O) groups is 1. The third kappa shape index (κ3) is 3.87. The fourth-order valence-corrected chi connectivity index (χ4v) is 1.40. The molecule has 0 aliphatic heterocycles. The summed E-state index contributed by atoms with van der Waals surface area (Å²) in [6, 6.07) is 7.39. The van der Waals surface area contributed by atoms with E-state index in [2.05, 4.69) is 25.2 Å². The zero-order chi connectivity index (χ0) is 12.0. The Bertz CT molecular complexity index is 393. The van der Waals surface area contributed by atoms with Gasteiger partial charge < -0.3 is 11.1 Å². The largest absolute Gasteiger partial charge is 0.366 e. The number of amides is 1. The molecule has 86 valence electrons. The summed E-state index contributed by atoms with van der Waals surface area (Å²) in [6.07, 6.45) is 2.10. The highest BCUT2D eigenvalue weighted by molar-refractivity contribution is 5.94. The summed E-state index contributed by atoms with van der Waals surface area (Å²) in [5, 5.41) is 3.24. The van der Waals surface area contributed by atoms with E-state index in [1.165, 1.54) is 5.57 Å². The van der Waals surface area contributed by atoms with Crippen molar-refractivity contribution in [2.75, 3.05) is 6.54 Å². The van der Waals surface area contributed by atoms with Crippen LogP contribution in [0.2, 0.25) is 0 Å². The van der Waals surface area contributed by atoms with E-state index < -0.39 is 0 Å². The van der Waals surface area contributed by atoms with Gasteiger partial charge in [-0.05, 0) is 25.5 Å². The van der Waals surface area contributed by atoms with Crippen molar-refractivity contribution in [3.05, 3.63) is 47.0 Å². The van der Waals surface area contributed by atoms with Crippen molar-refractivity contribution >= 4 is 5.91 Å². The van der Waals surface area contributed by atoms with Gasteiger partial charge in [0.05, 0.1) is 0 Å². The first kappa shape index (κ1) is 12.5. The van der Waals surface area contributed by atoms with Crippen molar-refractivity contribution in [3.8, 4) is 0 Å². The number of benzene rings is 1. The quantitative estimate of drug-likeness (QED) is 0.585. The van der Waals surface area contributed by atoms with Crippen molar-refractivity contribution in [1.82, 2.24) is 5.32 Å². The summed E-state index contributed by atoms with van der Waals surface area (Å²) in [7, 11) is 0. The molecule has 0 aromatic heterocycles. The molecule has 0 atom stereocenters. The minimum absolute atomic E-state index is 0.375. The average Bonchev–Trinajstić information content (AvgIpc) is 2.24. The molecule has 3 heteroatoms. The SMILES string of the molecule is CC(C)=CCNCc1ccccc1C(N)=O. The summed E-state index contributed by atoms with van der Waals surface area (Å²) in [4.78, 5) is 11.1. The second-order valence-corrected chi connectivity index (χ2v) is 3.93. The monoisotopic (exact) mass is 218 g/mol. The van der Waals surface area contributed by atoms with Gasteiger partial charge in [0.2, 0.25) is 5.91 Å². The highest BCUT2D eigenvalue weighted by atomic mass is 16.1. The molecule has 0 aliphatic rings. The Balaban J connectivity index is 2.60. The van der Waals surface area contributed by atoms with E-state index in [0.29, 0.717) is 12.1 Å². The zero-order valence-corrected chi connectivity index (χ0v) is 9.79. The van der Waals surface area contributed by atoms with Crippen molar-refractivity contribution in [3.63, 3.8) is 0 Å². The first-order valence-electron chi connectivity index (χ1n) is 5.33. The van der Waals surface area contributed by atoms with Crippen LogP contribution in [-0.4, -0.2) is 12.5 Å². The normalized spacial score (nSPS) is 9.88. The maximum Gasteiger partial charge on any atom is 0.249 e. The van der Waals surface area contributed by atoms with Gasteiger partial charge in [0.15, 0.2) is 0 Å². The summed E-state index contributed by atoms with van der Waals surface area (Å²) in [6.45, 7) is 5.57. The van der Waals surface area contributed by atoms with Gasteiger partial charge in [0.1, 0.15) is 0 Å². The second-order valence-electron chi connectivity index (χ2n) is 3.93. The lowest BCUT2D eigenvalue weighted by molar-refractivity contribution is 0.0999. The first-order valence-corrected chi connectivity index (χ1v) is 5.33. The topological polar surface area (TPSA) is 55.1 Å². The lowest BCUT2D eigenvalue weighted by atomic mass is 10.1. The molecular weight excluding hydrogens is 200 g/mol. The minimum Gasteiger partial charge on any atom is -0.366 e. The van der Waals surface area contributed by atoms with E-state index in [1.807, 2.05) is 18.2 Å². The number of allylic oxidation sites excluding steroid dienone is 1. The number of hydrogen-bond acceptors (Lipinski definition) is 2. The molecule has 1 rings (SSSR count). The molecular formula is C13H18N2O. The Morgan fingerprint density at radius 2 is 2.06 bits per heavy atom. The summed E-state index contributed by atoms with van der Waals surface area (Å²) in [5.74, 6) is -0.375. The third-order valence-corrected chi connectivity index (χ3v) is 2.25. The molecule has 0 saturated heterocycles. The standard InChI is InChI=1S/C13H18N2O/c1-10(2)7-8-15-9-11-5-3-4-6-12(11)13(14)16/h3-7,15H,8-9H2,1-2H3,(H2,14,16). The maximum atomic E-state index is 11.1. The van der Waals surface area contributed by atoms with Crippen molar-refractivity contribution < 1.29 is 4.79 Å². The van der Waals surface area contributed by atoms with Gasteiger partial charge in [-0.25, -0.2) is 0 Å². The van der Waals surface area contributed by atoms with Crippen molar-refractivity contribution in [1.29, 1.82) is 0 Å². The number of rotatable bonds is 5. The van der Waals surface area contributed by atoms with Gasteiger partial charge in [0, 0.05) is 18.7 Å². The van der Waals surface area contributed by atoms with Gasteiger partial charge in [-0.2, -0.15) is 0 Å². The van der Waals surface area contributed by atoms with E-state index in [9.17, 15) is 4.79 Å². The molecule has 0 heterocycles. The van der Waals surface area contributed by atoms with Crippen LogP contribution in [0, 0.1) is 0 Å². The lowest BCUT2D eigenvalue weighted by Gasteiger charge is -2.06. The number of nitrogens with one attached hydrogen (secondary N) is 1. The summed E-state index contributed by atoms with van der Waals surface area (Å²) in [5.41, 5.74) is 8.09. The predicted molar refractivity (Wildman–Crippen MR) is 66.1 cm³/mol. The highest BCUT2D eigenvalue weighted by Gasteiger charge is 2.05. The highest BCUT2D eigenvalue weighted by Crippen LogP contribution is 2.07. The molecule has 0 spiro atoms. The van der Waals surface area contributed by atoms with Gasteiger partial charge in [-0.15, -0.1) is 0 Å². The van der Waals surface area contributed by atoms with Crippen LogP contribution in [0.3, 0.4) is 0 Å². The van der Waals surface area contributed by atoms with E-state index >= 15 is 0 Å². The fraction of sp³-hybridized carbons (Fsp3) is 0.308. The van der Waals surface area contributed by atoms with Gasteiger partial charge in [0.25, 0.3) is 0 Å². The Morgan fingerprint density at radius 3 is 2.69 bits per heavy atom. The van der Waals surface area contributed by atoms with E-state index in [1.54, 1.807) is 6.07 Å². The van der Waals surface area contributed by atoms with Crippen LogP contribution in [0.1, 0.15) is 29.8 Å². The Kier molecular flexibility index (Phi) is 4.73. The van der Waals surface area contributed by atoms with Crippen LogP contribution < -0.4 is 11.1 Å². The van der Waals surface area contributed by atoms with Crippen LogP contribution in [0.4, 0.5) is 0 Å². The van der Waals surface area contributed by atoms with Crippen LogP contribution in [0.15, 0.2) is 35.9 Å². The van der Waals surface area contributed by atoms with Crippen LogP contribution in [0.5, 0.6) is 0 Å². The molecule has 0 fully saturated rings. The second kappa shape index (κ2) is 6.08. The Hall–Kier alpha value is -1.61. The Labute approximate surface area is 96.3 Å². The molecule has 3 N–H and O–H groups in total. The van der Waals surface area contributed by atoms with Crippen molar-refractivity contribution in [2.45, 2.75) is 20.4 Å². The number of primary amides is 1. The molecule has 1 aromatic carbocycles. The van der Waals surface area contributed by atoms with Crippen LogP contribution in [-0.2, 0) is 6.54 Å². The summed E-state index contributed by atoms with van der Waals surface area (Å²) >= 11 is 0. The lowest BCUT2D eigenvalue weighted by Crippen LogP contribution is -2.19. The minimum atomic E-state index is -0.375. The third-order valence-electron chi connectivity index (χ3n) is 2.25. The number of hydrogen-bond donors (Lipinski definition) is 2. The predicted octanol–water partition coefficient (Wildman–Crippen LogP) is 1.84. The number of carbonyl (C=O) groups excluding carboxylic acids is 1. The molecule has 1 amide bonds. The number of nitrogens with two attached hydrogens (primary N) is 1. The molecule has 16 heavy (non-hydrogen) atoms. The summed E-state index contributed by atoms with van der Waals surface area (Å²) < 4.78 is 0. The van der Waals surface area contributed by atoms with Gasteiger partial charge in [-0.3, -0.25) is 4.79 Å². The zero-order valence-electron chi connectivity index (χ0n) is 9.79. The first-order chi connectivity index (χ1) is 7.61. The molecule has 0 aliphatic carbocycles. The molecule has 0 bridgehead atoms. The van der Waals surface area contributed by atoms with Crippen LogP contribution >= 0.6 is 0 Å². The smallest absolute Gasteiger partial charge is 0.249 e. The average molecular weight is 218 g/mol. The molecule has 0 radical (unpaired) electrons. The van der Waals surface area contributed by atoms with Gasteiger partial charge in [-0.1, -0.05) is 29.8 Å². The molecule has 0 saturated carbocycles. The molecule has 0 unspecified atom stereocenters. The van der Waals surface area contributed by atoms with E-state index in [-0.39, 0.29) is 5.91 Å². The fourth-order valence-electron chi connectivity index (χ4n) is 1.40. The maximum absolute atomic E-state index is 11.1. The molecule has 3 nitrogen and oxygen atoms in total. The van der Waals surface area contributed by atoms with Crippen molar-refractivity contribution in [2.24, 2.45) is 5.73 Å². The Morgan fingerprint density at radius 1 is 1.38 bits per heavy atom. The van der Waals surface area contributed by atoms with E-state index in [4.69, 9.17) is 5.73 Å². The molecule has 1 aromatic rings. The van der Waals surface area contributed by atoms with Crippen LogP contribution in [0.25, 0.3) is 0 Å². The van der Waals surface area contributed by atoms with E-state index in [0.717, 1.165) is 12.1 Å².